The van der Waals surface area contributed by atoms with Crippen molar-refractivity contribution >= 4 is 61.3 Å². The molecule has 3 aromatic carbocycles. The molecule has 0 unspecified atom stereocenters. The van der Waals surface area contributed by atoms with E-state index in [0.717, 1.165) is 6.26 Å². The molecule has 12 nitrogen and oxygen atoms in total. The van der Waals surface area contributed by atoms with Crippen LogP contribution in [0.2, 0.25) is 5.02 Å². The predicted molar refractivity (Wildman–Crippen MR) is 175 cm³/mol. The Hall–Kier alpha value is -4.79. The molecule has 0 bridgehead atoms. The number of hydrogen-bond donors (Lipinski definition) is 5. The van der Waals surface area contributed by atoms with E-state index in [9.17, 15) is 27.5 Å². The summed E-state index contributed by atoms with van der Waals surface area (Å²) in [6, 6.07) is 16.3. The summed E-state index contributed by atoms with van der Waals surface area (Å²) in [4.78, 5) is 33.2. The van der Waals surface area contributed by atoms with Crippen molar-refractivity contribution in [2.24, 2.45) is 0 Å². The number of rotatable bonds is 15. The van der Waals surface area contributed by atoms with Gasteiger partial charge in [0.15, 0.2) is 5.76 Å². The van der Waals surface area contributed by atoms with Gasteiger partial charge in [-0.05, 0) is 60.2 Å². The summed E-state index contributed by atoms with van der Waals surface area (Å²) in [5, 5.41) is 22.0. The Balaban J connectivity index is 1.30. The maximum absolute atomic E-state index is 13.4. The van der Waals surface area contributed by atoms with E-state index in [-0.39, 0.29) is 50.1 Å². The number of aliphatic hydroxyl groups is 1. The monoisotopic (exact) mass is 670 g/mol. The first-order valence-corrected chi connectivity index (χ1v) is 16.4. The van der Waals surface area contributed by atoms with E-state index in [1.165, 1.54) is 24.5 Å². The van der Waals surface area contributed by atoms with E-state index in [4.69, 9.17) is 16.3 Å². The largest absolute Gasteiger partial charge is 0.503 e. The number of benzene rings is 3. The third-order valence-corrected chi connectivity index (χ3v) is 7.60. The van der Waals surface area contributed by atoms with Crippen LogP contribution < -0.4 is 26.0 Å². The number of ether oxygens (including phenoxy) is 1. The summed E-state index contributed by atoms with van der Waals surface area (Å²) < 4.78 is 41.4. The fourth-order valence-electron chi connectivity index (χ4n) is 4.08. The van der Waals surface area contributed by atoms with Gasteiger partial charge in [-0.1, -0.05) is 23.7 Å². The van der Waals surface area contributed by atoms with Crippen molar-refractivity contribution in [1.29, 1.82) is 0 Å². The number of halogens is 2. The Bertz CT molecular complexity index is 1860. The molecular weight excluding hydrogens is 639 g/mol. The van der Waals surface area contributed by atoms with Gasteiger partial charge in [0, 0.05) is 49.1 Å². The van der Waals surface area contributed by atoms with Crippen molar-refractivity contribution in [3.05, 3.63) is 95.2 Å². The van der Waals surface area contributed by atoms with Crippen LogP contribution in [0.4, 0.5) is 21.6 Å². The molecule has 0 radical (unpaired) electrons. The van der Waals surface area contributed by atoms with Crippen LogP contribution in [0.5, 0.6) is 5.75 Å². The normalized spacial score (nSPS) is 11.7. The second-order valence-corrected chi connectivity index (χ2v) is 12.8. The lowest BCUT2D eigenvalue weighted by molar-refractivity contribution is -0.120. The van der Waals surface area contributed by atoms with E-state index in [1.54, 1.807) is 48.5 Å². The van der Waals surface area contributed by atoms with Gasteiger partial charge >= 0.3 is 0 Å². The first-order valence-electron chi connectivity index (χ1n) is 14.0. The summed E-state index contributed by atoms with van der Waals surface area (Å²) in [6.45, 7) is 0.397. The first-order chi connectivity index (χ1) is 22.0. The second kappa shape index (κ2) is 16.0. The van der Waals surface area contributed by atoms with E-state index in [0.29, 0.717) is 44.4 Å². The van der Waals surface area contributed by atoms with Crippen molar-refractivity contribution in [3.8, 4) is 5.75 Å². The number of anilines is 3. The minimum Gasteiger partial charge on any atom is -0.503 e. The molecule has 0 saturated heterocycles. The Labute approximate surface area is 270 Å². The lowest BCUT2D eigenvalue weighted by atomic mass is 10.2. The Morgan fingerprint density at radius 3 is 2.61 bits per heavy atom. The molecular formula is C31H32ClFN6O6S. The van der Waals surface area contributed by atoms with Crippen LogP contribution in [0, 0.1) is 5.82 Å². The van der Waals surface area contributed by atoms with Crippen LogP contribution in [0.25, 0.3) is 10.9 Å². The molecule has 4 rings (SSSR count). The fraction of sp³-hybridized carbons (Fsp3) is 0.226. The fourth-order valence-corrected chi connectivity index (χ4v) is 4.83. The molecule has 15 heteroatoms. The molecule has 0 spiro atoms. The number of aliphatic hydroxyl groups excluding tert-OH is 1. The average molecular weight is 671 g/mol. The topological polar surface area (TPSA) is 172 Å². The maximum Gasteiger partial charge on any atom is 0.285 e. The highest BCUT2D eigenvalue weighted by molar-refractivity contribution is 7.90. The van der Waals surface area contributed by atoms with Crippen LogP contribution >= 0.6 is 11.6 Å². The Morgan fingerprint density at radius 1 is 1.04 bits per heavy atom. The number of nitrogens with zero attached hydrogens (tertiary/aromatic N) is 2. The number of carbonyl (C=O) groups is 2. The minimum absolute atomic E-state index is 0.0315. The lowest BCUT2D eigenvalue weighted by Gasteiger charge is -2.13. The molecule has 4 aromatic rings. The van der Waals surface area contributed by atoms with Crippen molar-refractivity contribution in [2.75, 3.05) is 42.3 Å². The standard InChI is InChI=1S/C31H32ClFN6O6S/c1-46(43,44)14-13-34-11-9-27(40)31(42)35-12-10-29(41)38-22-5-7-26-24(16-22)30(37-19-36-26)39-23-6-8-28(25(32)17-23)45-18-20-3-2-4-21(33)15-20/h2-9,15-17,19,34,40H,10-14,18H2,1H3,(H,35,42)(H,38,41)(H,36,37,39). The number of hydrogen-bond acceptors (Lipinski definition) is 10. The molecule has 0 aliphatic carbocycles. The van der Waals surface area contributed by atoms with Gasteiger partial charge in [0.05, 0.1) is 16.3 Å². The quantitative estimate of drug-likeness (QED) is 0.0699. The molecule has 2 amide bonds. The Morgan fingerprint density at radius 2 is 1.85 bits per heavy atom. The summed E-state index contributed by atoms with van der Waals surface area (Å²) >= 11 is 6.44. The predicted octanol–water partition coefficient (Wildman–Crippen LogP) is 4.27. The van der Waals surface area contributed by atoms with Crippen molar-refractivity contribution in [1.82, 2.24) is 20.6 Å². The highest BCUT2D eigenvalue weighted by Crippen LogP contribution is 2.31. The third kappa shape index (κ3) is 10.7. The average Bonchev–Trinajstić information content (AvgIpc) is 3.00. The molecule has 5 N–H and O–H groups in total. The second-order valence-electron chi connectivity index (χ2n) is 10.1. The summed E-state index contributed by atoms with van der Waals surface area (Å²) in [7, 11) is -3.11. The van der Waals surface area contributed by atoms with Gasteiger partial charge < -0.3 is 31.1 Å². The van der Waals surface area contributed by atoms with Gasteiger partial charge in [0.25, 0.3) is 5.91 Å². The number of nitrogens with one attached hydrogen (secondary N) is 4. The van der Waals surface area contributed by atoms with E-state index in [1.807, 2.05) is 0 Å². The summed E-state index contributed by atoms with van der Waals surface area (Å²) in [6.07, 6.45) is 3.67. The van der Waals surface area contributed by atoms with Crippen molar-refractivity contribution < 1.29 is 32.2 Å². The van der Waals surface area contributed by atoms with E-state index < -0.39 is 21.5 Å². The van der Waals surface area contributed by atoms with Crippen LogP contribution in [0.1, 0.15) is 12.0 Å². The molecule has 0 saturated carbocycles. The zero-order valence-corrected chi connectivity index (χ0v) is 26.3. The lowest BCUT2D eigenvalue weighted by Crippen LogP contribution is -2.29. The Kier molecular flexibility index (Phi) is 11.8. The molecule has 0 aliphatic rings. The van der Waals surface area contributed by atoms with Crippen LogP contribution in [-0.2, 0) is 26.0 Å². The highest BCUT2D eigenvalue weighted by Gasteiger charge is 2.12. The first kappa shape index (κ1) is 34.1. The molecule has 46 heavy (non-hydrogen) atoms. The zero-order valence-electron chi connectivity index (χ0n) is 24.7. The van der Waals surface area contributed by atoms with Crippen molar-refractivity contribution in [2.45, 2.75) is 13.0 Å². The molecule has 0 aliphatic heterocycles. The molecule has 242 valence electrons. The zero-order chi connectivity index (χ0) is 33.1. The molecule has 1 heterocycles. The summed E-state index contributed by atoms with van der Waals surface area (Å²) in [5.74, 6) is -1.21. The van der Waals surface area contributed by atoms with Crippen LogP contribution in [-0.4, -0.2) is 66.9 Å². The van der Waals surface area contributed by atoms with Gasteiger partial charge in [0.2, 0.25) is 5.91 Å². The number of fused-ring (bicyclic) bond motifs is 1. The van der Waals surface area contributed by atoms with Gasteiger partial charge in [-0.3, -0.25) is 9.59 Å². The SMILES string of the molecule is CS(=O)(=O)CCNCC=C(O)C(=O)NCCC(=O)Nc1ccc2ncnc(Nc3ccc(OCc4cccc(F)c4)c(Cl)c3)c2c1. The maximum atomic E-state index is 13.4. The van der Waals surface area contributed by atoms with E-state index >= 15 is 0 Å². The summed E-state index contributed by atoms with van der Waals surface area (Å²) in [5.41, 5.74) is 2.39. The molecule has 1 aromatic heterocycles. The van der Waals surface area contributed by atoms with Gasteiger partial charge in [-0.15, -0.1) is 0 Å². The van der Waals surface area contributed by atoms with Crippen LogP contribution in [0.3, 0.4) is 0 Å². The number of carbonyl (C=O) groups excluding carboxylic acids is 2. The van der Waals surface area contributed by atoms with Gasteiger partial charge in [-0.2, -0.15) is 0 Å². The van der Waals surface area contributed by atoms with Crippen LogP contribution in [0.15, 0.2) is 78.8 Å². The number of aromatic nitrogens is 2. The third-order valence-electron chi connectivity index (χ3n) is 6.36. The smallest absolute Gasteiger partial charge is 0.285 e. The minimum atomic E-state index is -3.11. The number of amides is 2. The van der Waals surface area contributed by atoms with Crippen molar-refractivity contribution in [3.63, 3.8) is 0 Å². The highest BCUT2D eigenvalue weighted by atomic mass is 35.5. The van der Waals surface area contributed by atoms with Gasteiger partial charge in [0.1, 0.15) is 40.2 Å². The number of sulfone groups is 1. The molecule has 0 fully saturated rings. The van der Waals surface area contributed by atoms with Gasteiger partial charge in [-0.25, -0.2) is 22.8 Å². The molecule has 0 atom stereocenters. The van der Waals surface area contributed by atoms with E-state index in [2.05, 4.69) is 31.2 Å².